The van der Waals surface area contributed by atoms with Crippen molar-refractivity contribution in [2.75, 3.05) is 11.5 Å². The topological polar surface area (TPSA) is 106 Å². The molecular formula is C18H20F2N6O2S3. The van der Waals surface area contributed by atoms with Crippen molar-refractivity contribution in [3.8, 4) is 0 Å². The molecule has 0 bridgehead atoms. The summed E-state index contributed by atoms with van der Waals surface area (Å²) in [6, 6.07) is -0.224. The van der Waals surface area contributed by atoms with Crippen LogP contribution in [-0.4, -0.2) is 53.2 Å². The number of rotatable bonds is 8. The van der Waals surface area contributed by atoms with Gasteiger partial charge in [-0.15, -0.1) is 10.2 Å². The summed E-state index contributed by atoms with van der Waals surface area (Å²) in [6.07, 6.45) is 1.73. The fourth-order valence-electron chi connectivity index (χ4n) is 3.38. The van der Waals surface area contributed by atoms with Crippen molar-refractivity contribution in [1.29, 1.82) is 0 Å². The van der Waals surface area contributed by atoms with E-state index in [1.54, 1.807) is 16.4 Å². The first kappa shape index (κ1) is 22.3. The minimum Gasteiger partial charge on any atom is -0.301 e. The van der Waals surface area contributed by atoms with E-state index in [-0.39, 0.29) is 55.2 Å². The van der Waals surface area contributed by atoms with Crippen molar-refractivity contribution < 1.29 is 13.6 Å². The third kappa shape index (κ3) is 5.32. The summed E-state index contributed by atoms with van der Waals surface area (Å²) in [5.41, 5.74) is -0.00281. The molecule has 1 fully saturated rings. The normalized spacial score (nSPS) is 16.7. The molecule has 0 aliphatic heterocycles. The van der Waals surface area contributed by atoms with E-state index in [1.807, 2.05) is 6.92 Å². The van der Waals surface area contributed by atoms with E-state index in [4.69, 9.17) is 0 Å². The molecule has 1 aliphatic carbocycles. The molecule has 0 atom stereocenters. The number of hydrogen-bond donors (Lipinski definition) is 1. The van der Waals surface area contributed by atoms with E-state index in [0.29, 0.717) is 21.2 Å². The van der Waals surface area contributed by atoms with Gasteiger partial charge in [0.25, 0.3) is 5.56 Å². The van der Waals surface area contributed by atoms with Gasteiger partial charge in [-0.3, -0.25) is 9.59 Å². The average molecular weight is 487 g/mol. The second-order valence-corrected chi connectivity index (χ2v) is 10.7. The molecule has 0 unspecified atom stereocenters. The number of nitrogens with one attached hydrogen (secondary N) is 1. The molecule has 0 radical (unpaired) electrons. The van der Waals surface area contributed by atoms with Gasteiger partial charge < -0.3 is 4.98 Å². The van der Waals surface area contributed by atoms with Crippen molar-refractivity contribution in [3.05, 3.63) is 21.6 Å². The second-order valence-electron chi connectivity index (χ2n) is 7.18. The van der Waals surface area contributed by atoms with Crippen molar-refractivity contribution in [3.63, 3.8) is 0 Å². The van der Waals surface area contributed by atoms with Gasteiger partial charge in [-0.05, 0) is 18.6 Å². The number of carbonyl (C=O) groups excluding carboxylic acids is 1. The average Bonchev–Trinajstić information content (AvgIpc) is 3.34. The minimum atomic E-state index is -2.64. The highest BCUT2D eigenvalue weighted by atomic mass is 32.2. The number of H-pyrrole nitrogens is 1. The summed E-state index contributed by atoms with van der Waals surface area (Å²) >= 11 is 4.11. The first-order chi connectivity index (χ1) is 14.8. The summed E-state index contributed by atoms with van der Waals surface area (Å²) in [4.78, 5) is 31.9. The molecule has 1 saturated carbocycles. The lowest BCUT2D eigenvalue weighted by molar-refractivity contribution is -0.116. The molecule has 13 heteroatoms. The number of hydrogen-bond acceptors (Lipinski definition) is 9. The monoisotopic (exact) mass is 486 g/mol. The highest BCUT2D eigenvalue weighted by Crippen LogP contribution is 2.38. The predicted octanol–water partition coefficient (Wildman–Crippen LogP) is 3.74. The minimum absolute atomic E-state index is 0.0556. The molecule has 4 rings (SSSR count). The number of nitrogens with zero attached hydrogens (tertiary/aromatic N) is 5. The van der Waals surface area contributed by atoms with Crippen LogP contribution in [0.5, 0.6) is 0 Å². The van der Waals surface area contributed by atoms with Gasteiger partial charge in [-0.2, -0.15) is 5.10 Å². The van der Waals surface area contributed by atoms with E-state index in [0.717, 1.165) is 21.9 Å². The molecule has 31 heavy (non-hydrogen) atoms. The maximum Gasteiger partial charge on any atom is 0.262 e. The number of alkyl halides is 2. The molecule has 3 aromatic rings. The second kappa shape index (κ2) is 9.33. The van der Waals surface area contributed by atoms with Gasteiger partial charge >= 0.3 is 0 Å². The third-order valence-electron chi connectivity index (χ3n) is 4.91. The van der Waals surface area contributed by atoms with E-state index in [1.165, 1.54) is 17.5 Å². The van der Waals surface area contributed by atoms with Crippen molar-refractivity contribution in [2.24, 2.45) is 0 Å². The van der Waals surface area contributed by atoms with Crippen LogP contribution in [0, 0.1) is 0 Å². The number of aromatic amines is 1. The highest BCUT2D eigenvalue weighted by Gasteiger charge is 2.36. The van der Waals surface area contributed by atoms with E-state index in [9.17, 15) is 18.4 Å². The Hall–Kier alpha value is -1.86. The number of carbonyl (C=O) groups is 1. The first-order valence-corrected chi connectivity index (χ1v) is 12.6. The summed E-state index contributed by atoms with van der Waals surface area (Å²) in [7, 11) is 0. The molecular weight excluding hydrogens is 466 g/mol. The standard InChI is InChI=1S/C18H20F2N6O2S3/c1-2-29-17-25-24-13(31-17)7-11(27)9-30-16-22-14-12(15(28)23-16)8-21-26(14)10-3-5-18(19,20)6-4-10/h8,10H,2-7,9H2,1H3,(H,22,23,28). The van der Waals surface area contributed by atoms with Crippen molar-refractivity contribution in [2.45, 2.75) is 60.5 Å². The van der Waals surface area contributed by atoms with E-state index in [2.05, 4.69) is 25.3 Å². The van der Waals surface area contributed by atoms with Crippen LogP contribution in [0.4, 0.5) is 8.78 Å². The molecule has 1 aliphatic rings. The zero-order valence-electron chi connectivity index (χ0n) is 16.6. The summed E-state index contributed by atoms with van der Waals surface area (Å²) in [5, 5.41) is 13.6. The van der Waals surface area contributed by atoms with Crippen LogP contribution in [-0.2, 0) is 11.2 Å². The number of fused-ring (bicyclic) bond motifs is 1. The number of aromatic nitrogens is 6. The smallest absolute Gasteiger partial charge is 0.262 e. The zero-order chi connectivity index (χ0) is 22.0. The van der Waals surface area contributed by atoms with Gasteiger partial charge in [0.05, 0.1) is 24.4 Å². The van der Waals surface area contributed by atoms with Crippen molar-refractivity contribution in [1.82, 2.24) is 29.9 Å². The van der Waals surface area contributed by atoms with Gasteiger partial charge in [0, 0.05) is 12.8 Å². The first-order valence-electron chi connectivity index (χ1n) is 9.79. The van der Waals surface area contributed by atoms with Gasteiger partial charge in [0.1, 0.15) is 16.2 Å². The quantitative estimate of drug-likeness (QED) is 0.379. The molecule has 166 valence electrons. The lowest BCUT2D eigenvalue weighted by atomic mass is 9.92. The maximum atomic E-state index is 13.5. The molecule has 0 amide bonds. The Morgan fingerprint density at radius 3 is 2.84 bits per heavy atom. The van der Waals surface area contributed by atoms with Crippen molar-refractivity contribution >= 4 is 51.7 Å². The molecule has 1 N–H and O–H groups in total. The third-order valence-corrected chi connectivity index (χ3v) is 7.78. The number of ketones is 1. The zero-order valence-corrected chi connectivity index (χ0v) is 19.1. The Balaban J connectivity index is 1.44. The summed E-state index contributed by atoms with van der Waals surface area (Å²) in [5.74, 6) is -1.69. The summed E-state index contributed by atoms with van der Waals surface area (Å²) < 4.78 is 29.4. The molecule has 3 aromatic heterocycles. The number of thioether (sulfide) groups is 2. The van der Waals surface area contributed by atoms with Crippen LogP contribution in [0.15, 0.2) is 20.5 Å². The number of halogens is 2. The predicted molar refractivity (Wildman–Crippen MR) is 116 cm³/mol. The van der Waals surface area contributed by atoms with Crippen LogP contribution < -0.4 is 5.56 Å². The van der Waals surface area contributed by atoms with E-state index >= 15 is 0 Å². The largest absolute Gasteiger partial charge is 0.301 e. The lowest BCUT2D eigenvalue weighted by Gasteiger charge is -2.28. The maximum absolute atomic E-state index is 13.5. The Morgan fingerprint density at radius 1 is 1.32 bits per heavy atom. The fraction of sp³-hybridized carbons (Fsp3) is 0.556. The Morgan fingerprint density at radius 2 is 2.10 bits per heavy atom. The number of Topliss-reactive ketones (excluding diaryl/α,β-unsaturated/α-hetero) is 1. The van der Waals surface area contributed by atoms with E-state index < -0.39 is 5.92 Å². The lowest BCUT2D eigenvalue weighted by Crippen LogP contribution is -2.27. The summed E-state index contributed by atoms with van der Waals surface area (Å²) in [6.45, 7) is 2.02. The van der Waals surface area contributed by atoms with Crippen LogP contribution in [0.1, 0.15) is 43.7 Å². The van der Waals surface area contributed by atoms with Gasteiger partial charge in [-0.1, -0.05) is 41.8 Å². The SMILES string of the molecule is CCSc1nnc(CC(=O)CSc2nc3c(cnn3C3CCC(F)(F)CC3)c(=O)[nH]2)s1. The molecule has 0 spiro atoms. The van der Waals surface area contributed by atoms with Crippen LogP contribution in [0.3, 0.4) is 0 Å². The molecule has 8 nitrogen and oxygen atoms in total. The van der Waals surface area contributed by atoms with Crippen LogP contribution in [0.25, 0.3) is 11.0 Å². The molecule has 3 heterocycles. The van der Waals surface area contributed by atoms with Gasteiger partial charge in [0.2, 0.25) is 5.92 Å². The van der Waals surface area contributed by atoms with Crippen LogP contribution >= 0.6 is 34.9 Å². The van der Waals surface area contributed by atoms with Gasteiger partial charge in [0.15, 0.2) is 15.1 Å². The molecule has 0 saturated heterocycles. The molecule has 0 aromatic carbocycles. The highest BCUT2D eigenvalue weighted by molar-refractivity contribution is 8.01. The Labute approximate surface area is 188 Å². The van der Waals surface area contributed by atoms with Gasteiger partial charge in [-0.25, -0.2) is 18.4 Å². The Bertz CT molecular complexity index is 1130. The Kier molecular flexibility index (Phi) is 6.72. The fourth-order valence-corrected chi connectivity index (χ4v) is 5.92. The van der Waals surface area contributed by atoms with Crippen LogP contribution in [0.2, 0.25) is 0 Å².